The third-order valence-corrected chi connectivity index (χ3v) is 3.31. The highest BCUT2D eigenvalue weighted by Crippen LogP contribution is 2.13. The lowest BCUT2D eigenvalue weighted by molar-refractivity contribution is 0.148. The van der Waals surface area contributed by atoms with Gasteiger partial charge in [0.25, 0.3) is 0 Å². The van der Waals surface area contributed by atoms with E-state index in [2.05, 4.69) is 53.4 Å². The van der Waals surface area contributed by atoms with Crippen LogP contribution in [0.3, 0.4) is 0 Å². The Balaban J connectivity index is 1.91. The molecule has 1 aliphatic heterocycles. The van der Waals surface area contributed by atoms with Crippen LogP contribution in [0.15, 0.2) is 24.3 Å². The molecule has 0 aromatic heterocycles. The molecule has 17 heavy (non-hydrogen) atoms. The minimum Gasteiger partial charge on any atom is -0.385 e. The maximum atomic E-state index is 3.37. The van der Waals surface area contributed by atoms with Crippen LogP contribution in [0.4, 0.5) is 5.69 Å². The predicted octanol–water partition coefficient (Wildman–Crippen LogP) is 1.87. The van der Waals surface area contributed by atoms with Gasteiger partial charge in [-0.1, -0.05) is 12.1 Å². The molecule has 1 N–H and O–H groups in total. The largest absolute Gasteiger partial charge is 0.385 e. The van der Waals surface area contributed by atoms with Crippen molar-refractivity contribution in [1.82, 2.24) is 9.80 Å². The summed E-state index contributed by atoms with van der Waals surface area (Å²) < 4.78 is 0. The van der Waals surface area contributed by atoms with Gasteiger partial charge in [-0.3, -0.25) is 4.90 Å². The highest BCUT2D eigenvalue weighted by molar-refractivity contribution is 5.45. The highest BCUT2D eigenvalue weighted by atomic mass is 15.2. The molecule has 1 aliphatic rings. The summed E-state index contributed by atoms with van der Waals surface area (Å²) in [6.07, 6.45) is 0. The number of likely N-dealkylation sites (N-methyl/N-ethyl adjacent to an activating group) is 1. The zero-order valence-corrected chi connectivity index (χ0v) is 10.9. The minimum atomic E-state index is 0.984. The lowest BCUT2D eigenvalue weighted by Crippen LogP contribution is -2.43. The summed E-state index contributed by atoms with van der Waals surface area (Å²) in [5.74, 6) is 0. The maximum Gasteiger partial charge on any atom is 0.0343 e. The average molecular weight is 233 g/mol. The number of nitrogens with one attached hydrogen (secondary N) is 1. The number of anilines is 1. The van der Waals surface area contributed by atoms with Gasteiger partial charge in [0.15, 0.2) is 0 Å². The second-order valence-corrected chi connectivity index (χ2v) is 4.81. The zero-order valence-electron chi connectivity index (χ0n) is 10.9. The summed E-state index contributed by atoms with van der Waals surface area (Å²) in [5.41, 5.74) is 2.65. The number of benzene rings is 1. The fraction of sp³-hybridized carbons (Fsp3) is 0.571. The Morgan fingerprint density at radius 1 is 1.18 bits per heavy atom. The van der Waals surface area contributed by atoms with Gasteiger partial charge in [-0.05, 0) is 31.7 Å². The first kappa shape index (κ1) is 12.4. The Bertz CT molecular complexity index is 343. The summed E-state index contributed by atoms with van der Waals surface area (Å²) in [4.78, 5) is 4.93. The molecular weight excluding hydrogens is 210 g/mol. The molecule has 0 amide bonds. The van der Waals surface area contributed by atoms with E-state index in [0.29, 0.717) is 0 Å². The van der Waals surface area contributed by atoms with E-state index in [1.807, 2.05) is 0 Å². The summed E-state index contributed by atoms with van der Waals surface area (Å²) in [7, 11) is 2.20. The van der Waals surface area contributed by atoms with Crippen LogP contribution in [0.1, 0.15) is 12.5 Å². The Labute approximate surface area is 104 Å². The van der Waals surface area contributed by atoms with Crippen LogP contribution in [0.5, 0.6) is 0 Å². The Hall–Kier alpha value is -1.06. The summed E-state index contributed by atoms with van der Waals surface area (Å²) in [5, 5.41) is 3.37. The van der Waals surface area contributed by atoms with Crippen molar-refractivity contribution < 1.29 is 0 Å². The second-order valence-electron chi connectivity index (χ2n) is 4.81. The van der Waals surface area contributed by atoms with Gasteiger partial charge in [0.2, 0.25) is 0 Å². The molecule has 0 unspecified atom stereocenters. The average Bonchev–Trinajstić information content (AvgIpc) is 2.33. The van der Waals surface area contributed by atoms with E-state index >= 15 is 0 Å². The van der Waals surface area contributed by atoms with E-state index in [1.165, 1.54) is 37.4 Å². The number of rotatable bonds is 4. The van der Waals surface area contributed by atoms with Crippen LogP contribution in [0, 0.1) is 0 Å². The molecule has 1 aromatic rings. The maximum absolute atomic E-state index is 3.37. The monoisotopic (exact) mass is 233 g/mol. The molecule has 0 radical (unpaired) electrons. The Kier molecular flexibility index (Phi) is 4.40. The Morgan fingerprint density at radius 3 is 2.65 bits per heavy atom. The van der Waals surface area contributed by atoms with Crippen LogP contribution in [-0.4, -0.2) is 49.6 Å². The van der Waals surface area contributed by atoms with Gasteiger partial charge in [-0.2, -0.15) is 0 Å². The van der Waals surface area contributed by atoms with Gasteiger partial charge in [-0.15, -0.1) is 0 Å². The third kappa shape index (κ3) is 3.72. The SMILES string of the molecule is CCNc1cccc(CN2CCN(C)CC2)c1. The van der Waals surface area contributed by atoms with Crippen molar-refractivity contribution in [2.24, 2.45) is 0 Å². The summed E-state index contributed by atoms with van der Waals surface area (Å²) in [6.45, 7) is 8.93. The molecule has 94 valence electrons. The molecule has 0 spiro atoms. The van der Waals surface area contributed by atoms with Crippen molar-refractivity contribution in [2.45, 2.75) is 13.5 Å². The normalized spacial score (nSPS) is 18.2. The van der Waals surface area contributed by atoms with Crippen LogP contribution >= 0.6 is 0 Å². The molecule has 1 aromatic carbocycles. The summed E-state index contributed by atoms with van der Waals surface area (Å²) in [6, 6.07) is 8.77. The van der Waals surface area contributed by atoms with Crippen molar-refractivity contribution in [3.8, 4) is 0 Å². The first-order valence-electron chi connectivity index (χ1n) is 6.51. The predicted molar refractivity (Wildman–Crippen MR) is 73.4 cm³/mol. The van der Waals surface area contributed by atoms with Crippen LogP contribution in [-0.2, 0) is 6.54 Å². The lowest BCUT2D eigenvalue weighted by atomic mass is 10.1. The fourth-order valence-corrected chi connectivity index (χ4v) is 2.25. The van der Waals surface area contributed by atoms with E-state index < -0.39 is 0 Å². The van der Waals surface area contributed by atoms with Gasteiger partial charge in [-0.25, -0.2) is 0 Å². The molecule has 1 fully saturated rings. The first-order valence-corrected chi connectivity index (χ1v) is 6.51. The van der Waals surface area contributed by atoms with Gasteiger partial charge in [0.05, 0.1) is 0 Å². The smallest absolute Gasteiger partial charge is 0.0343 e. The molecule has 0 saturated carbocycles. The number of hydrogen-bond donors (Lipinski definition) is 1. The zero-order chi connectivity index (χ0) is 12.1. The summed E-state index contributed by atoms with van der Waals surface area (Å²) >= 11 is 0. The van der Waals surface area contributed by atoms with Crippen molar-refractivity contribution in [3.05, 3.63) is 29.8 Å². The molecule has 1 heterocycles. The van der Waals surface area contributed by atoms with Gasteiger partial charge >= 0.3 is 0 Å². The highest BCUT2D eigenvalue weighted by Gasteiger charge is 2.13. The first-order chi connectivity index (χ1) is 8.28. The van der Waals surface area contributed by atoms with Gasteiger partial charge in [0, 0.05) is 45.0 Å². The number of hydrogen-bond acceptors (Lipinski definition) is 3. The molecule has 0 bridgehead atoms. The molecule has 0 atom stereocenters. The van der Waals surface area contributed by atoms with Crippen molar-refractivity contribution in [1.29, 1.82) is 0 Å². The van der Waals surface area contributed by atoms with Gasteiger partial charge in [0.1, 0.15) is 0 Å². The quantitative estimate of drug-likeness (QED) is 0.856. The van der Waals surface area contributed by atoms with Gasteiger partial charge < -0.3 is 10.2 Å². The van der Waals surface area contributed by atoms with E-state index in [4.69, 9.17) is 0 Å². The lowest BCUT2D eigenvalue weighted by Gasteiger charge is -2.32. The van der Waals surface area contributed by atoms with Crippen molar-refractivity contribution >= 4 is 5.69 Å². The molecule has 2 rings (SSSR count). The van der Waals surface area contributed by atoms with Crippen LogP contribution < -0.4 is 5.32 Å². The third-order valence-electron chi connectivity index (χ3n) is 3.31. The Morgan fingerprint density at radius 2 is 1.94 bits per heavy atom. The topological polar surface area (TPSA) is 18.5 Å². The van der Waals surface area contributed by atoms with Crippen LogP contribution in [0.25, 0.3) is 0 Å². The number of piperazine rings is 1. The van der Waals surface area contributed by atoms with E-state index in [0.717, 1.165) is 13.1 Å². The van der Waals surface area contributed by atoms with E-state index in [-0.39, 0.29) is 0 Å². The van der Waals surface area contributed by atoms with Crippen molar-refractivity contribution in [2.75, 3.05) is 45.1 Å². The van der Waals surface area contributed by atoms with Crippen LogP contribution in [0.2, 0.25) is 0 Å². The minimum absolute atomic E-state index is 0.984. The van der Waals surface area contributed by atoms with E-state index in [1.54, 1.807) is 0 Å². The standard InChI is InChI=1S/C14H23N3/c1-3-15-14-6-4-5-13(11-14)12-17-9-7-16(2)8-10-17/h4-6,11,15H,3,7-10,12H2,1-2H3. The van der Waals surface area contributed by atoms with Crippen molar-refractivity contribution in [3.63, 3.8) is 0 Å². The second kappa shape index (κ2) is 6.03. The fourth-order valence-electron chi connectivity index (χ4n) is 2.25. The number of nitrogens with zero attached hydrogens (tertiary/aromatic N) is 2. The molecule has 1 saturated heterocycles. The molecular formula is C14H23N3. The molecule has 0 aliphatic carbocycles. The molecule has 3 heteroatoms. The van der Waals surface area contributed by atoms with E-state index in [9.17, 15) is 0 Å². The molecule has 3 nitrogen and oxygen atoms in total.